The van der Waals surface area contributed by atoms with Crippen LogP contribution < -0.4 is 20.1 Å². The first-order valence-corrected chi connectivity index (χ1v) is 10.9. The summed E-state index contributed by atoms with van der Waals surface area (Å²) >= 11 is 1.63. The molecule has 2 rings (SSSR count). The molecule has 0 aliphatic carbocycles. The minimum Gasteiger partial charge on any atom is -0.496 e. The van der Waals surface area contributed by atoms with E-state index >= 15 is 0 Å². The molecule has 0 aromatic heterocycles. The Kier molecular flexibility index (Phi) is 9.92. The van der Waals surface area contributed by atoms with Gasteiger partial charge in [0.2, 0.25) is 5.91 Å². The molecule has 0 aliphatic rings. The molecule has 0 heterocycles. The summed E-state index contributed by atoms with van der Waals surface area (Å²) in [6.07, 6.45) is 3.17. The second kappa shape index (κ2) is 12.7. The highest BCUT2D eigenvalue weighted by Gasteiger charge is 2.20. The van der Waals surface area contributed by atoms with Crippen molar-refractivity contribution < 1.29 is 19.1 Å². The fourth-order valence-electron chi connectivity index (χ4n) is 2.76. The summed E-state index contributed by atoms with van der Waals surface area (Å²) in [5.41, 5.74) is 1.02. The van der Waals surface area contributed by atoms with Gasteiger partial charge in [0.05, 0.1) is 7.11 Å². The molecule has 0 bridgehead atoms. The number of para-hydroxylation sites is 2. The highest BCUT2D eigenvalue weighted by molar-refractivity contribution is 7.98. The molecular weight excluding hydrogens is 388 g/mol. The maximum atomic E-state index is 12.6. The molecule has 2 amide bonds. The van der Waals surface area contributed by atoms with E-state index in [2.05, 4.69) is 10.6 Å². The number of rotatable bonds is 12. The van der Waals surface area contributed by atoms with Gasteiger partial charge in [0, 0.05) is 6.54 Å². The lowest BCUT2D eigenvalue weighted by atomic mass is 10.1. The smallest absolute Gasteiger partial charge is 0.258 e. The summed E-state index contributed by atoms with van der Waals surface area (Å²) < 4.78 is 10.8. The molecule has 1 atom stereocenters. The number of amides is 2. The molecule has 0 spiro atoms. The molecule has 2 aromatic carbocycles. The standard InChI is InChI=1S/C22H28N2O4S/c1-27-20-11-7-6-8-17(20)12-14-23-22(26)19(13-15-29-2)24-21(25)16-28-18-9-4-3-5-10-18/h3-11,19H,12-16H2,1-2H3,(H,23,26)(H,24,25)/t19-/m0/s1. The van der Waals surface area contributed by atoms with Crippen molar-refractivity contribution in [3.63, 3.8) is 0 Å². The van der Waals surface area contributed by atoms with Gasteiger partial charge in [0.25, 0.3) is 5.91 Å². The van der Waals surface area contributed by atoms with Crippen LogP contribution in [0.5, 0.6) is 11.5 Å². The monoisotopic (exact) mass is 416 g/mol. The van der Waals surface area contributed by atoms with Gasteiger partial charge in [-0.2, -0.15) is 11.8 Å². The molecule has 0 saturated carbocycles. The van der Waals surface area contributed by atoms with Crippen molar-refractivity contribution in [2.24, 2.45) is 0 Å². The van der Waals surface area contributed by atoms with Crippen LogP contribution in [0, 0.1) is 0 Å². The zero-order valence-electron chi connectivity index (χ0n) is 16.9. The molecule has 2 aromatic rings. The summed E-state index contributed by atoms with van der Waals surface area (Å²) in [4.78, 5) is 24.8. The number of carbonyl (C=O) groups is 2. The second-order valence-corrected chi connectivity index (χ2v) is 7.34. The van der Waals surface area contributed by atoms with E-state index in [0.717, 1.165) is 17.1 Å². The molecule has 7 heteroatoms. The zero-order valence-corrected chi connectivity index (χ0v) is 17.7. The topological polar surface area (TPSA) is 76.7 Å². The Hall–Kier alpha value is -2.67. The lowest BCUT2D eigenvalue weighted by Gasteiger charge is -2.18. The van der Waals surface area contributed by atoms with Crippen molar-refractivity contribution in [2.45, 2.75) is 18.9 Å². The third-order valence-corrected chi connectivity index (χ3v) is 4.91. The van der Waals surface area contributed by atoms with E-state index in [0.29, 0.717) is 25.1 Å². The number of hydrogen-bond donors (Lipinski definition) is 2. The molecule has 29 heavy (non-hydrogen) atoms. The SMILES string of the molecule is COc1ccccc1CCNC(=O)[C@H](CCSC)NC(=O)COc1ccccc1. The second-order valence-electron chi connectivity index (χ2n) is 6.36. The lowest BCUT2D eigenvalue weighted by Crippen LogP contribution is -2.48. The molecule has 0 aliphatic heterocycles. The Morgan fingerprint density at radius 1 is 1.07 bits per heavy atom. The number of thioether (sulfide) groups is 1. The molecule has 0 saturated heterocycles. The van der Waals surface area contributed by atoms with Crippen molar-refractivity contribution in [3.05, 3.63) is 60.2 Å². The average Bonchev–Trinajstić information content (AvgIpc) is 2.76. The van der Waals surface area contributed by atoms with E-state index in [4.69, 9.17) is 9.47 Å². The van der Waals surface area contributed by atoms with Crippen LogP contribution in [0.2, 0.25) is 0 Å². The maximum Gasteiger partial charge on any atom is 0.258 e. The Morgan fingerprint density at radius 3 is 2.52 bits per heavy atom. The number of nitrogens with one attached hydrogen (secondary N) is 2. The van der Waals surface area contributed by atoms with Crippen molar-refractivity contribution in [1.29, 1.82) is 0 Å². The van der Waals surface area contributed by atoms with E-state index < -0.39 is 6.04 Å². The van der Waals surface area contributed by atoms with Crippen molar-refractivity contribution >= 4 is 23.6 Å². The third kappa shape index (κ3) is 8.07. The van der Waals surface area contributed by atoms with Crippen LogP contribution in [-0.4, -0.2) is 50.1 Å². The molecule has 156 valence electrons. The summed E-state index contributed by atoms with van der Waals surface area (Å²) in [7, 11) is 1.63. The quantitative estimate of drug-likeness (QED) is 0.556. The van der Waals surface area contributed by atoms with Gasteiger partial charge in [0.15, 0.2) is 6.61 Å². The first-order valence-electron chi connectivity index (χ1n) is 9.49. The third-order valence-electron chi connectivity index (χ3n) is 4.26. The summed E-state index contributed by atoms with van der Waals surface area (Å²) in [6.45, 7) is 0.333. The van der Waals surface area contributed by atoms with E-state index in [1.165, 1.54) is 0 Å². The Labute approximate surface area is 176 Å². The normalized spacial score (nSPS) is 11.4. The Morgan fingerprint density at radius 2 is 1.79 bits per heavy atom. The van der Waals surface area contributed by atoms with Gasteiger partial charge in [-0.1, -0.05) is 36.4 Å². The van der Waals surface area contributed by atoms with Gasteiger partial charge in [0.1, 0.15) is 17.5 Å². The van der Waals surface area contributed by atoms with E-state index in [1.807, 2.05) is 48.7 Å². The highest BCUT2D eigenvalue weighted by Crippen LogP contribution is 2.17. The van der Waals surface area contributed by atoms with Crippen molar-refractivity contribution in [2.75, 3.05) is 32.3 Å². The van der Waals surface area contributed by atoms with Crippen LogP contribution >= 0.6 is 11.8 Å². The maximum absolute atomic E-state index is 12.6. The van der Waals surface area contributed by atoms with Crippen LogP contribution in [0.15, 0.2) is 54.6 Å². The van der Waals surface area contributed by atoms with Crippen molar-refractivity contribution in [1.82, 2.24) is 10.6 Å². The van der Waals surface area contributed by atoms with E-state index in [-0.39, 0.29) is 18.4 Å². The molecular formula is C22H28N2O4S. The van der Waals surface area contributed by atoms with Gasteiger partial charge >= 0.3 is 0 Å². The van der Waals surface area contributed by atoms with Gasteiger partial charge in [-0.3, -0.25) is 9.59 Å². The lowest BCUT2D eigenvalue weighted by molar-refractivity contribution is -0.130. The number of ether oxygens (including phenoxy) is 2. The molecule has 0 fully saturated rings. The largest absolute Gasteiger partial charge is 0.496 e. The predicted octanol–water partition coefficient (Wildman–Crippen LogP) is 2.67. The van der Waals surface area contributed by atoms with E-state index in [1.54, 1.807) is 31.0 Å². The van der Waals surface area contributed by atoms with Crippen LogP contribution in [0.1, 0.15) is 12.0 Å². The first-order chi connectivity index (χ1) is 14.1. The number of methoxy groups -OCH3 is 1. The average molecular weight is 417 g/mol. The number of benzene rings is 2. The Bertz CT molecular complexity index is 770. The fourth-order valence-corrected chi connectivity index (χ4v) is 3.23. The fraction of sp³-hybridized carbons (Fsp3) is 0.364. The van der Waals surface area contributed by atoms with Crippen LogP contribution in [-0.2, 0) is 16.0 Å². The predicted molar refractivity (Wildman–Crippen MR) is 117 cm³/mol. The van der Waals surface area contributed by atoms with Crippen LogP contribution in [0.25, 0.3) is 0 Å². The Balaban J connectivity index is 1.83. The summed E-state index contributed by atoms with van der Waals surface area (Å²) in [6, 6.07) is 16.2. The van der Waals surface area contributed by atoms with Gasteiger partial charge < -0.3 is 20.1 Å². The minimum absolute atomic E-state index is 0.131. The van der Waals surface area contributed by atoms with Gasteiger partial charge in [-0.25, -0.2) is 0 Å². The zero-order chi connectivity index (χ0) is 20.9. The number of carbonyl (C=O) groups excluding carboxylic acids is 2. The van der Waals surface area contributed by atoms with Crippen LogP contribution in [0.3, 0.4) is 0 Å². The van der Waals surface area contributed by atoms with Crippen molar-refractivity contribution in [3.8, 4) is 11.5 Å². The molecule has 0 radical (unpaired) electrons. The first kappa shape index (κ1) is 22.6. The van der Waals surface area contributed by atoms with Gasteiger partial charge in [-0.15, -0.1) is 0 Å². The van der Waals surface area contributed by atoms with E-state index in [9.17, 15) is 9.59 Å². The van der Waals surface area contributed by atoms with Crippen LogP contribution in [0.4, 0.5) is 0 Å². The summed E-state index contributed by atoms with van der Waals surface area (Å²) in [5, 5.41) is 5.69. The molecule has 2 N–H and O–H groups in total. The number of hydrogen-bond acceptors (Lipinski definition) is 5. The highest BCUT2D eigenvalue weighted by atomic mass is 32.2. The molecule has 0 unspecified atom stereocenters. The summed E-state index contributed by atoms with van der Waals surface area (Å²) in [5.74, 6) is 1.67. The minimum atomic E-state index is -0.591. The molecule has 6 nitrogen and oxygen atoms in total. The van der Waals surface area contributed by atoms with Gasteiger partial charge in [-0.05, 0) is 48.6 Å².